The molecule has 1 aromatic rings. The lowest BCUT2D eigenvalue weighted by molar-refractivity contribution is 0.473. The summed E-state index contributed by atoms with van der Waals surface area (Å²) in [5.41, 5.74) is -0.348. The Bertz CT molecular complexity index is 361. The molecule has 0 aromatic carbocycles. The van der Waals surface area contributed by atoms with Gasteiger partial charge in [0.25, 0.3) is 5.56 Å². The van der Waals surface area contributed by atoms with Crippen LogP contribution in [-0.2, 0) is 5.88 Å². The third-order valence-electron chi connectivity index (χ3n) is 1.28. The Hall–Kier alpha value is -0.380. The first-order chi connectivity index (χ1) is 5.57. The maximum absolute atomic E-state index is 10.9. The second-order valence-electron chi connectivity index (χ2n) is 2.04. The van der Waals surface area contributed by atoms with Crippen LogP contribution in [-0.4, -0.2) is 10.1 Å². The Kier molecular flexibility index (Phi) is 2.88. The fraction of sp³-hybridized carbons (Fsp3) is 0.167. The molecule has 0 radical (unpaired) electrons. The van der Waals surface area contributed by atoms with Crippen molar-refractivity contribution < 1.29 is 5.11 Å². The lowest BCUT2D eigenvalue weighted by Gasteiger charge is -2.02. The van der Waals surface area contributed by atoms with E-state index in [-0.39, 0.29) is 21.6 Å². The van der Waals surface area contributed by atoms with Gasteiger partial charge in [0, 0.05) is 0 Å². The van der Waals surface area contributed by atoms with Crippen molar-refractivity contribution in [2.45, 2.75) is 5.88 Å². The van der Waals surface area contributed by atoms with Crippen LogP contribution < -0.4 is 5.56 Å². The van der Waals surface area contributed by atoms with Crippen LogP contribution in [0.2, 0.25) is 10.0 Å². The number of aromatic nitrogens is 1. The van der Waals surface area contributed by atoms with Crippen molar-refractivity contribution in [2.24, 2.45) is 0 Å². The molecule has 0 atom stereocenters. The van der Waals surface area contributed by atoms with Crippen LogP contribution in [0, 0.1) is 0 Å². The van der Waals surface area contributed by atoms with E-state index in [9.17, 15) is 4.79 Å². The topological polar surface area (TPSA) is 53.1 Å². The minimum atomic E-state index is -0.603. The Morgan fingerprint density at radius 2 is 1.92 bits per heavy atom. The molecule has 1 heterocycles. The third kappa shape index (κ3) is 1.53. The first-order valence-electron chi connectivity index (χ1n) is 2.93. The minimum absolute atomic E-state index is 0.0127. The smallest absolute Gasteiger partial charge is 0.270 e. The van der Waals surface area contributed by atoms with Gasteiger partial charge < -0.3 is 10.1 Å². The Morgan fingerprint density at radius 3 is 2.42 bits per heavy atom. The summed E-state index contributed by atoms with van der Waals surface area (Å²) in [7, 11) is 0. The van der Waals surface area contributed by atoms with Crippen LogP contribution in [0.15, 0.2) is 4.79 Å². The SMILES string of the molecule is O=c1[nH]c(CCl)c(Cl)c(O)c1Cl. The van der Waals surface area contributed by atoms with Crippen molar-refractivity contribution in [1.29, 1.82) is 0 Å². The normalized spacial score (nSPS) is 10.2. The summed E-state index contributed by atoms with van der Waals surface area (Å²) in [6.45, 7) is 0. The average molecular weight is 228 g/mol. The number of aromatic hydroxyl groups is 1. The van der Waals surface area contributed by atoms with Crippen molar-refractivity contribution in [3.63, 3.8) is 0 Å². The van der Waals surface area contributed by atoms with Crippen LogP contribution in [0.5, 0.6) is 5.75 Å². The van der Waals surface area contributed by atoms with Gasteiger partial charge in [-0.3, -0.25) is 4.79 Å². The highest BCUT2D eigenvalue weighted by Crippen LogP contribution is 2.30. The molecule has 1 rings (SSSR count). The lowest BCUT2D eigenvalue weighted by Crippen LogP contribution is -2.09. The predicted molar refractivity (Wildman–Crippen MR) is 48.3 cm³/mol. The predicted octanol–water partition coefficient (Wildman–Crippen LogP) is 2.13. The van der Waals surface area contributed by atoms with Gasteiger partial charge in [-0.05, 0) is 0 Å². The van der Waals surface area contributed by atoms with E-state index in [1.807, 2.05) is 0 Å². The number of nitrogens with one attached hydrogen (secondary N) is 1. The lowest BCUT2D eigenvalue weighted by atomic mass is 10.3. The highest BCUT2D eigenvalue weighted by Gasteiger charge is 2.12. The second-order valence-corrected chi connectivity index (χ2v) is 3.07. The summed E-state index contributed by atoms with van der Waals surface area (Å²) in [6.07, 6.45) is 0. The number of hydrogen-bond donors (Lipinski definition) is 2. The van der Waals surface area contributed by atoms with Gasteiger partial charge in [-0.2, -0.15) is 0 Å². The van der Waals surface area contributed by atoms with Crippen molar-refractivity contribution in [3.05, 3.63) is 26.1 Å². The van der Waals surface area contributed by atoms with Gasteiger partial charge in [-0.25, -0.2) is 0 Å². The van der Waals surface area contributed by atoms with E-state index < -0.39 is 11.3 Å². The zero-order chi connectivity index (χ0) is 9.30. The molecule has 12 heavy (non-hydrogen) atoms. The fourth-order valence-electron chi connectivity index (χ4n) is 0.686. The van der Waals surface area contributed by atoms with Gasteiger partial charge in [0.2, 0.25) is 0 Å². The number of pyridine rings is 1. The fourth-order valence-corrected chi connectivity index (χ4v) is 1.35. The molecular formula is C6H4Cl3NO2. The number of rotatable bonds is 1. The summed E-state index contributed by atoms with van der Waals surface area (Å²) in [5.74, 6) is -0.420. The summed E-state index contributed by atoms with van der Waals surface area (Å²) < 4.78 is 0. The second kappa shape index (κ2) is 3.56. The number of aromatic amines is 1. The molecule has 66 valence electrons. The standard InChI is InChI=1S/C6H4Cl3NO2/c7-1-2-3(8)5(11)4(9)6(12)10-2/h1H2,(H2,10,11,12). The van der Waals surface area contributed by atoms with E-state index in [0.717, 1.165) is 0 Å². The number of halogens is 3. The summed E-state index contributed by atoms with van der Waals surface area (Å²) in [4.78, 5) is 13.2. The van der Waals surface area contributed by atoms with Crippen LogP contribution in [0.4, 0.5) is 0 Å². The van der Waals surface area contributed by atoms with Crippen molar-refractivity contribution in [3.8, 4) is 5.75 Å². The summed E-state index contributed by atoms with van der Waals surface area (Å²) in [6, 6.07) is 0. The van der Waals surface area contributed by atoms with Crippen LogP contribution in [0.25, 0.3) is 0 Å². The van der Waals surface area contributed by atoms with Crippen molar-refractivity contribution in [2.75, 3.05) is 0 Å². The third-order valence-corrected chi connectivity index (χ3v) is 2.30. The number of hydrogen-bond acceptors (Lipinski definition) is 2. The van der Waals surface area contributed by atoms with Crippen LogP contribution in [0.1, 0.15) is 5.69 Å². The Morgan fingerprint density at radius 1 is 1.33 bits per heavy atom. The molecule has 6 heteroatoms. The largest absolute Gasteiger partial charge is 0.505 e. The van der Waals surface area contributed by atoms with Gasteiger partial charge in [-0.15, -0.1) is 11.6 Å². The van der Waals surface area contributed by atoms with E-state index in [1.165, 1.54) is 0 Å². The molecule has 3 nitrogen and oxygen atoms in total. The molecule has 0 unspecified atom stereocenters. The highest BCUT2D eigenvalue weighted by molar-refractivity contribution is 6.37. The first kappa shape index (κ1) is 9.71. The molecule has 0 amide bonds. The zero-order valence-electron chi connectivity index (χ0n) is 5.70. The number of alkyl halides is 1. The van der Waals surface area contributed by atoms with Gasteiger partial charge >= 0.3 is 0 Å². The first-order valence-corrected chi connectivity index (χ1v) is 4.22. The van der Waals surface area contributed by atoms with Gasteiger partial charge in [0.05, 0.1) is 11.6 Å². The molecule has 0 saturated carbocycles. The monoisotopic (exact) mass is 227 g/mol. The summed E-state index contributed by atoms with van der Waals surface area (Å²) >= 11 is 16.4. The molecule has 0 aliphatic heterocycles. The molecule has 0 saturated heterocycles. The van der Waals surface area contributed by atoms with Crippen molar-refractivity contribution in [1.82, 2.24) is 4.98 Å². The molecule has 0 spiro atoms. The van der Waals surface area contributed by atoms with E-state index >= 15 is 0 Å². The molecule has 0 aliphatic rings. The average Bonchev–Trinajstić information content (AvgIpc) is 2.08. The number of H-pyrrole nitrogens is 1. The summed E-state index contributed by atoms with van der Waals surface area (Å²) in [5, 5.41) is 8.81. The van der Waals surface area contributed by atoms with Gasteiger partial charge in [0.1, 0.15) is 10.0 Å². The zero-order valence-corrected chi connectivity index (χ0v) is 7.96. The minimum Gasteiger partial charge on any atom is -0.505 e. The van der Waals surface area contributed by atoms with Crippen LogP contribution >= 0.6 is 34.8 Å². The van der Waals surface area contributed by atoms with E-state index in [2.05, 4.69) is 4.98 Å². The maximum atomic E-state index is 10.9. The molecule has 2 N–H and O–H groups in total. The Balaban J connectivity index is 3.50. The molecule has 0 fully saturated rings. The van der Waals surface area contributed by atoms with Gasteiger partial charge in [-0.1, -0.05) is 23.2 Å². The maximum Gasteiger partial charge on any atom is 0.270 e. The molecule has 1 aromatic heterocycles. The quantitative estimate of drug-likeness (QED) is 0.724. The van der Waals surface area contributed by atoms with E-state index in [4.69, 9.17) is 39.9 Å². The molecular weight excluding hydrogens is 224 g/mol. The highest BCUT2D eigenvalue weighted by atomic mass is 35.5. The Labute approximate surface area is 82.9 Å². The van der Waals surface area contributed by atoms with Gasteiger partial charge in [0.15, 0.2) is 5.75 Å². The van der Waals surface area contributed by atoms with Crippen LogP contribution in [0.3, 0.4) is 0 Å². The van der Waals surface area contributed by atoms with E-state index in [1.54, 1.807) is 0 Å². The van der Waals surface area contributed by atoms with E-state index in [0.29, 0.717) is 0 Å². The molecule has 0 aliphatic carbocycles. The van der Waals surface area contributed by atoms with Crippen molar-refractivity contribution >= 4 is 34.8 Å². The molecule has 0 bridgehead atoms.